The number of sulfone groups is 1. The maximum Gasteiger partial charge on any atom is 0.239 e. The number of aliphatic imine (C=N–C) groups is 1. The Morgan fingerprint density at radius 3 is 2.18 bits per heavy atom. The molecule has 0 aliphatic carbocycles. The maximum absolute atomic E-state index is 12.6. The topological polar surface area (TPSA) is 85.3 Å². The molecule has 2 saturated heterocycles. The summed E-state index contributed by atoms with van der Waals surface area (Å²) in [6, 6.07) is -0.0838. The number of likely N-dealkylation sites (tertiary alicyclic amines) is 1. The second kappa shape index (κ2) is 12.2. The number of halogens is 1. The maximum atomic E-state index is 12.6. The van der Waals surface area contributed by atoms with Crippen molar-refractivity contribution in [3.05, 3.63) is 0 Å². The van der Waals surface area contributed by atoms with Gasteiger partial charge in [-0.3, -0.25) is 14.7 Å². The Morgan fingerprint density at radius 1 is 1.04 bits per heavy atom. The van der Waals surface area contributed by atoms with Crippen LogP contribution in [-0.4, -0.2) is 105 Å². The van der Waals surface area contributed by atoms with Gasteiger partial charge in [0.2, 0.25) is 5.91 Å². The fourth-order valence-electron chi connectivity index (χ4n) is 3.54. The molecule has 28 heavy (non-hydrogen) atoms. The monoisotopic (exact) mass is 529 g/mol. The molecule has 0 radical (unpaired) electrons. The first kappa shape index (κ1) is 25.4. The van der Waals surface area contributed by atoms with Gasteiger partial charge in [0.25, 0.3) is 0 Å². The minimum Gasteiger partial charge on any atom is -0.357 e. The zero-order valence-corrected chi connectivity index (χ0v) is 20.5. The summed E-state index contributed by atoms with van der Waals surface area (Å²) in [5.41, 5.74) is 0. The predicted octanol–water partition coefficient (Wildman–Crippen LogP) is 0.633. The highest BCUT2D eigenvalue weighted by atomic mass is 127. The van der Waals surface area contributed by atoms with E-state index in [0.29, 0.717) is 0 Å². The zero-order chi connectivity index (χ0) is 19.9. The van der Waals surface area contributed by atoms with Gasteiger partial charge in [-0.2, -0.15) is 0 Å². The molecule has 2 rings (SSSR count). The van der Waals surface area contributed by atoms with Crippen LogP contribution in [0.2, 0.25) is 0 Å². The van der Waals surface area contributed by atoms with Crippen LogP contribution in [0.25, 0.3) is 0 Å². The number of amides is 1. The van der Waals surface area contributed by atoms with Crippen LogP contribution in [0, 0.1) is 0 Å². The molecular formula is C18H36IN5O3S. The molecule has 1 N–H and O–H groups in total. The van der Waals surface area contributed by atoms with Crippen molar-refractivity contribution in [3.8, 4) is 0 Å². The summed E-state index contributed by atoms with van der Waals surface area (Å²) in [4.78, 5) is 23.5. The smallest absolute Gasteiger partial charge is 0.239 e. The van der Waals surface area contributed by atoms with E-state index < -0.39 is 9.84 Å². The molecule has 8 nitrogen and oxygen atoms in total. The van der Waals surface area contributed by atoms with Crippen molar-refractivity contribution in [1.29, 1.82) is 0 Å². The van der Waals surface area contributed by atoms with Crippen LogP contribution in [-0.2, 0) is 14.6 Å². The van der Waals surface area contributed by atoms with Crippen molar-refractivity contribution < 1.29 is 13.2 Å². The van der Waals surface area contributed by atoms with E-state index in [-0.39, 0.29) is 54.0 Å². The van der Waals surface area contributed by atoms with Crippen molar-refractivity contribution in [2.45, 2.75) is 39.7 Å². The van der Waals surface area contributed by atoms with Gasteiger partial charge in [-0.1, -0.05) is 6.92 Å². The average molecular weight is 529 g/mol. The number of rotatable bonds is 7. The van der Waals surface area contributed by atoms with Crippen molar-refractivity contribution in [2.24, 2.45) is 4.99 Å². The van der Waals surface area contributed by atoms with Crippen LogP contribution in [0.15, 0.2) is 4.99 Å². The molecular weight excluding hydrogens is 493 g/mol. The van der Waals surface area contributed by atoms with Gasteiger partial charge in [-0.25, -0.2) is 8.42 Å². The Balaban J connectivity index is 0.00000392. The van der Waals surface area contributed by atoms with Crippen LogP contribution in [0.5, 0.6) is 0 Å². The second-order valence-corrected chi connectivity index (χ2v) is 9.68. The molecule has 2 aliphatic rings. The summed E-state index contributed by atoms with van der Waals surface area (Å²) in [6.45, 7) is 11.6. The third kappa shape index (κ3) is 7.33. The van der Waals surface area contributed by atoms with Gasteiger partial charge in [0.1, 0.15) is 0 Å². The van der Waals surface area contributed by atoms with Gasteiger partial charge in [0.15, 0.2) is 15.8 Å². The molecule has 0 aromatic rings. The summed E-state index contributed by atoms with van der Waals surface area (Å²) < 4.78 is 23.3. The van der Waals surface area contributed by atoms with Crippen molar-refractivity contribution in [2.75, 3.05) is 63.9 Å². The third-order valence-electron chi connectivity index (χ3n) is 5.38. The second-order valence-electron chi connectivity index (χ2n) is 7.20. The van der Waals surface area contributed by atoms with Crippen LogP contribution >= 0.6 is 24.0 Å². The molecule has 1 amide bonds. The lowest BCUT2D eigenvalue weighted by atomic mass is 10.2. The Hall–Kier alpha value is -0.620. The fourth-order valence-corrected chi connectivity index (χ4v) is 4.20. The number of hydrogen-bond donors (Lipinski definition) is 1. The normalized spacial score (nSPS) is 20.0. The van der Waals surface area contributed by atoms with E-state index in [9.17, 15) is 13.2 Å². The highest BCUT2D eigenvalue weighted by molar-refractivity contribution is 14.0. The molecule has 0 saturated carbocycles. The van der Waals surface area contributed by atoms with Crippen LogP contribution < -0.4 is 5.32 Å². The molecule has 2 heterocycles. The molecule has 0 aromatic heterocycles. The molecule has 2 aliphatic heterocycles. The van der Waals surface area contributed by atoms with Crippen molar-refractivity contribution in [3.63, 3.8) is 0 Å². The highest BCUT2D eigenvalue weighted by Crippen LogP contribution is 2.14. The van der Waals surface area contributed by atoms with Crippen molar-refractivity contribution >= 4 is 45.7 Å². The minimum absolute atomic E-state index is 0. The lowest BCUT2D eigenvalue weighted by molar-refractivity contribution is -0.135. The quantitative estimate of drug-likeness (QED) is 0.296. The first-order valence-electron chi connectivity index (χ1n) is 10.1. The van der Waals surface area contributed by atoms with Gasteiger partial charge in [-0.15, -0.1) is 24.0 Å². The van der Waals surface area contributed by atoms with Gasteiger partial charge < -0.3 is 15.1 Å². The molecule has 0 spiro atoms. The fraction of sp³-hybridized carbons (Fsp3) is 0.889. The van der Waals surface area contributed by atoms with E-state index in [1.807, 2.05) is 18.7 Å². The predicted molar refractivity (Wildman–Crippen MR) is 124 cm³/mol. The molecule has 2 fully saturated rings. The summed E-state index contributed by atoms with van der Waals surface area (Å²) in [5, 5.41) is 3.26. The molecule has 164 valence electrons. The largest absolute Gasteiger partial charge is 0.357 e. The molecule has 10 heteroatoms. The van der Waals surface area contributed by atoms with Crippen molar-refractivity contribution in [1.82, 2.24) is 20.0 Å². The van der Waals surface area contributed by atoms with E-state index in [1.54, 1.807) is 6.92 Å². The number of guanidine groups is 1. The number of carbonyl (C=O) groups excluding carboxylic acids is 1. The Bertz CT molecular complexity index is 615. The van der Waals surface area contributed by atoms with Gasteiger partial charge in [-0.05, 0) is 26.7 Å². The minimum atomic E-state index is -3.00. The van der Waals surface area contributed by atoms with Crippen LogP contribution in [0.1, 0.15) is 33.6 Å². The Kier molecular flexibility index (Phi) is 11.0. The molecule has 0 bridgehead atoms. The summed E-state index contributed by atoms with van der Waals surface area (Å²) >= 11 is 0. The Labute approximate surface area is 187 Å². The number of carbonyl (C=O) groups is 1. The summed E-state index contributed by atoms with van der Waals surface area (Å²) in [6.07, 6.45) is 2.23. The van der Waals surface area contributed by atoms with Gasteiger partial charge in [0, 0.05) is 51.6 Å². The zero-order valence-electron chi connectivity index (χ0n) is 17.4. The average Bonchev–Trinajstić information content (AvgIpc) is 3.21. The van der Waals surface area contributed by atoms with E-state index in [4.69, 9.17) is 0 Å². The number of hydrogen-bond acceptors (Lipinski definition) is 5. The van der Waals surface area contributed by atoms with Gasteiger partial charge in [0.05, 0.1) is 18.3 Å². The standard InChI is InChI=1S/C18H35N5O3S.HI/c1-4-19-18(20-8-15-27(25,26)5-2)23-13-11-21(12-14-23)16(3)17(24)22-9-6-7-10-22;/h16H,4-15H2,1-3H3,(H,19,20);1H. The first-order valence-corrected chi connectivity index (χ1v) is 12.0. The molecule has 1 atom stereocenters. The lowest BCUT2D eigenvalue weighted by Crippen LogP contribution is -2.57. The SMILES string of the molecule is CCNC(=NCCS(=O)(=O)CC)N1CCN(C(C)C(=O)N2CCCC2)CC1.I. The highest BCUT2D eigenvalue weighted by Gasteiger charge is 2.30. The number of piperazine rings is 1. The number of nitrogens with zero attached hydrogens (tertiary/aromatic N) is 4. The molecule has 1 unspecified atom stereocenters. The summed E-state index contributed by atoms with van der Waals surface area (Å²) in [7, 11) is -3.00. The summed E-state index contributed by atoms with van der Waals surface area (Å²) in [5.74, 6) is 1.24. The van der Waals surface area contributed by atoms with Crippen LogP contribution in [0.4, 0.5) is 0 Å². The van der Waals surface area contributed by atoms with Gasteiger partial charge >= 0.3 is 0 Å². The van der Waals surface area contributed by atoms with E-state index >= 15 is 0 Å². The molecule has 0 aromatic carbocycles. The number of nitrogens with one attached hydrogen (secondary N) is 1. The Morgan fingerprint density at radius 2 is 1.64 bits per heavy atom. The van der Waals surface area contributed by atoms with E-state index in [1.165, 1.54) is 0 Å². The third-order valence-corrected chi connectivity index (χ3v) is 7.06. The van der Waals surface area contributed by atoms with Crippen LogP contribution in [0.3, 0.4) is 0 Å². The first-order chi connectivity index (χ1) is 12.9. The lowest BCUT2D eigenvalue weighted by Gasteiger charge is -2.39. The van der Waals surface area contributed by atoms with E-state index in [2.05, 4.69) is 20.1 Å². The van der Waals surface area contributed by atoms with E-state index in [0.717, 1.165) is 64.6 Å².